The average molecular weight is 617 g/mol. The number of nitrogens with one attached hydrogen (secondary N) is 1. The fraction of sp³-hybridized carbons (Fsp3) is 0.500. The number of alkyl halides is 4. The first kappa shape index (κ1) is 30.4. The summed E-state index contributed by atoms with van der Waals surface area (Å²) >= 11 is 6.00. The van der Waals surface area contributed by atoms with Crippen LogP contribution in [0.4, 0.5) is 17.6 Å². The van der Waals surface area contributed by atoms with Crippen LogP contribution in [-0.2, 0) is 37.1 Å². The fourth-order valence-corrected chi connectivity index (χ4v) is 5.73. The molecule has 1 N–H and O–H groups in total. The molecule has 0 bridgehead atoms. The van der Waals surface area contributed by atoms with Gasteiger partial charge in [-0.1, -0.05) is 23.7 Å². The minimum atomic E-state index is -5.17. The predicted octanol–water partition coefficient (Wildman–Crippen LogP) is 3.57. The quantitative estimate of drug-likeness (QED) is 0.265. The maximum Gasteiger partial charge on any atom is 0.523 e. The smallest absolute Gasteiger partial charge is 0.454 e. The van der Waals surface area contributed by atoms with Crippen LogP contribution >= 0.6 is 19.4 Å². The molecule has 1 aromatic carbocycles. The van der Waals surface area contributed by atoms with Crippen LogP contribution in [0.25, 0.3) is 0 Å². The highest BCUT2D eigenvalue weighted by Crippen LogP contribution is 2.57. The third-order valence-corrected chi connectivity index (χ3v) is 7.61. The first-order chi connectivity index (χ1) is 18.7. The highest BCUT2D eigenvalue weighted by atomic mass is 35.5. The molecule has 1 aromatic heterocycles. The number of carbonyl (C=O) groups excluding carboxylic acids is 1. The van der Waals surface area contributed by atoms with Gasteiger partial charge in [-0.2, -0.15) is 0 Å². The first-order valence-electron chi connectivity index (χ1n) is 11.6. The van der Waals surface area contributed by atoms with Gasteiger partial charge < -0.3 is 9.47 Å². The Kier molecular flexibility index (Phi) is 8.90. The minimum Gasteiger partial charge on any atom is -0.454 e. The summed E-state index contributed by atoms with van der Waals surface area (Å²) in [5.41, 5.74) is -4.10. The van der Waals surface area contributed by atoms with Gasteiger partial charge in [0, 0.05) is 23.7 Å². The molecule has 3 heterocycles. The molecular formula is C22H22ClF4N2O10P. The van der Waals surface area contributed by atoms with Crippen molar-refractivity contribution in [3.05, 3.63) is 68.0 Å². The number of halogens is 5. The van der Waals surface area contributed by atoms with E-state index in [9.17, 15) is 32.1 Å². The number of benzene rings is 1. The van der Waals surface area contributed by atoms with Gasteiger partial charge in [0.25, 0.3) is 5.56 Å². The van der Waals surface area contributed by atoms with Crippen molar-refractivity contribution in [2.75, 3.05) is 19.8 Å². The topological polar surface area (TPSA) is 144 Å². The first-order valence-corrected chi connectivity index (χ1v) is 13.4. The molecule has 2 aliphatic heterocycles. The molecule has 0 amide bonds. The molecule has 12 nitrogen and oxygen atoms in total. The number of phosphoric ester groups is 1. The van der Waals surface area contributed by atoms with Crippen LogP contribution in [0.5, 0.6) is 0 Å². The second-order valence-electron chi connectivity index (χ2n) is 8.85. The zero-order chi connectivity index (χ0) is 29.3. The number of nitrogens with zero attached hydrogens (tertiary/aromatic N) is 1. The molecule has 40 heavy (non-hydrogen) atoms. The molecule has 2 aromatic rings. The number of aromatic nitrogens is 2. The van der Waals surface area contributed by atoms with Crippen LogP contribution in [0.1, 0.15) is 31.2 Å². The van der Waals surface area contributed by atoms with Crippen molar-refractivity contribution >= 4 is 25.4 Å². The molecule has 2 aliphatic rings. The van der Waals surface area contributed by atoms with Crippen molar-refractivity contribution in [2.45, 2.75) is 49.9 Å². The van der Waals surface area contributed by atoms with Gasteiger partial charge in [-0.15, -0.1) is 13.2 Å². The van der Waals surface area contributed by atoms with Gasteiger partial charge in [-0.3, -0.25) is 32.7 Å². The van der Waals surface area contributed by atoms with Crippen LogP contribution in [-0.4, -0.2) is 59.6 Å². The number of rotatable bonds is 8. The van der Waals surface area contributed by atoms with Crippen LogP contribution in [0, 0.1) is 0 Å². The molecule has 6 atom stereocenters. The summed E-state index contributed by atoms with van der Waals surface area (Å²) in [6.45, 7) is -1.64. The summed E-state index contributed by atoms with van der Waals surface area (Å²) < 4.78 is 97.0. The number of H-pyrrole nitrogens is 1. The normalized spacial score (nSPS) is 30.8. The Labute approximate surface area is 227 Å². The number of ether oxygens (including phenoxy) is 3. The van der Waals surface area contributed by atoms with Gasteiger partial charge in [-0.05, 0) is 24.6 Å². The standard InChI is InChI=1S/C22H22ClF4N2O10P/c1-21(24)18(38-17(31)11-34-22(25,26)27)15(37-19(21)29-7-5-16(30)28-20(29)32)10-36-40(33)35-8-6-14(39-40)12-3-2-4-13(23)9-12/h2-5,7,9,14-15,18-19H,6,8,10-11H2,1H3,(H,28,30,32)/t14-,15+,18+,19+,21+,40?/m0/s1. The Bertz CT molecular complexity index is 1400. The van der Waals surface area contributed by atoms with E-state index < -0.39 is 74.8 Å². The molecule has 220 valence electrons. The molecule has 18 heteroatoms. The molecule has 4 rings (SSSR count). The Morgan fingerprint density at radius 2 is 2.05 bits per heavy atom. The third kappa shape index (κ3) is 7.18. The van der Waals surface area contributed by atoms with E-state index in [4.69, 9.17) is 34.6 Å². The number of aromatic amines is 1. The summed E-state index contributed by atoms with van der Waals surface area (Å²) in [7, 11) is -4.32. The lowest BCUT2D eigenvalue weighted by atomic mass is 9.98. The van der Waals surface area contributed by atoms with Crippen molar-refractivity contribution in [1.29, 1.82) is 0 Å². The summed E-state index contributed by atoms with van der Waals surface area (Å²) in [4.78, 5) is 37.7. The van der Waals surface area contributed by atoms with Crippen molar-refractivity contribution in [3.8, 4) is 0 Å². The second kappa shape index (κ2) is 11.7. The van der Waals surface area contributed by atoms with Gasteiger partial charge >= 0.3 is 25.8 Å². The van der Waals surface area contributed by atoms with Crippen LogP contribution in [0.2, 0.25) is 5.02 Å². The van der Waals surface area contributed by atoms with Crippen molar-refractivity contribution in [1.82, 2.24) is 9.55 Å². The molecule has 2 fully saturated rings. The van der Waals surface area contributed by atoms with E-state index in [2.05, 4.69) is 4.74 Å². The van der Waals surface area contributed by atoms with E-state index >= 15 is 4.39 Å². The van der Waals surface area contributed by atoms with E-state index in [1.807, 2.05) is 4.98 Å². The van der Waals surface area contributed by atoms with E-state index in [0.29, 0.717) is 15.2 Å². The summed E-state index contributed by atoms with van der Waals surface area (Å²) in [5.74, 6) is -1.62. The summed E-state index contributed by atoms with van der Waals surface area (Å²) in [6.07, 6.45) is -10.2. The highest BCUT2D eigenvalue weighted by Gasteiger charge is 2.59. The Balaban J connectivity index is 1.54. The summed E-state index contributed by atoms with van der Waals surface area (Å²) in [5, 5.41) is 0.396. The van der Waals surface area contributed by atoms with Gasteiger partial charge in [0.05, 0.1) is 19.3 Å². The molecule has 2 saturated heterocycles. The van der Waals surface area contributed by atoms with E-state index in [0.717, 1.165) is 19.2 Å². The zero-order valence-electron chi connectivity index (χ0n) is 20.5. The van der Waals surface area contributed by atoms with Gasteiger partial charge in [-0.25, -0.2) is 18.5 Å². The Hall–Kier alpha value is -2.59. The molecule has 0 radical (unpaired) electrons. The van der Waals surface area contributed by atoms with Crippen LogP contribution < -0.4 is 11.2 Å². The molecular weight excluding hydrogens is 595 g/mol. The average Bonchev–Trinajstić information content (AvgIpc) is 3.10. The van der Waals surface area contributed by atoms with Gasteiger partial charge in [0.15, 0.2) is 24.6 Å². The predicted molar refractivity (Wildman–Crippen MR) is 126 cm³/mol. The minimum absolute atomic E-state index is 0.0661. The highest BCUT2D eigenvalue weighted by molar-refractivity contribution is 7.48. The maximum atomic E-state index is 16.1. The van der Waals surface area contributed by atoms with Crippen molar-refractivity contribution in [3.63, 3.8) is 0 Å². The Morgan fingerprint density at radius 1 is 1.30 bits per heavy atom. The fourth-order valence-electron chi connectivity index (χ4n) is 4.13. The van der Waals surface area contributed by atoms with Gasteiger partial charge in [0.2, 0.25) is 0 Å². The number of hydrogen-bond donors (Lipinski definition) is 1. The molecule has 1 unspecified atom stereocenters. The number of carbonyl (C=O) groups is 1. The molecule has 0 spiro atoms. The number of esters is 1. The monoisotopic (exact) mass is 616 g/mol. The number of hydrogen-bond acceptors (Lipinski definition) is 10. The SMILES string of the molecule is C[C@@]1(F)[C@H](OC(=O)COC(F)(F)F)[C@@H](COP2(=O)OCC[C@@H](c3cccc(Cl)c3)O2)O[C@H]1n1ccc(=O)[nH]c1=O. The van der Waals surface area contributed by atoms with E-state index in [1.54, 1.807) is 24.3 Å². The summed E-state index contributed by atoms with van der Waals surface area (Å²) in [6, 6.07) is 7.42. The van der Waals surface area contributed by atoms with Crippen LogP contribution in [0.3, 0.4) is 0 Å². The maximum absolute atomic E-state index is 16.1. The Morgan fingerprint density at radius 3 is 2.73 bits per heavy atom. The third-order valence-electron chi connectivity index (χ3n) is 5.90. The van der Waals surface area contributed by atoms with Crippen molar-refractivity contribution in [2.24, 2.45) is 0 Å². The van der Waals surface area contributed by atoms with E-state index in [1.165, 1.54) is 0 Å². The van der Waals surface area contributed by atoms with E-state index in [-0.39, 0.29) is 13.0 Å². The molecule has 0 aliphatic carbocycles. The van der Waals surface area contributed by atoms with Crippen molar-refractivity contribution < 1.29 is 54.7 Å². The van der Waals surface area contributed by atoms with Crippen LogP contribution in [0.15, 0.2) is 46.1 Å². The lowest BCUT2D eigenvalue weighted by Gasteiger charge is -2.30. The number of phosphoric acid groups is 1. The lowest BCUT2D eigenvalue weighted by molar-refractivity contribution is -0.323. The largest absolute Gasteiger partial charge is 0.523 e. The second-order valence-corrected chi connectivity index (χ2v) is 10.9. The molecule has 0 saturated carbocycles. The zero-order valence-corrected chi connectivity index (χ0v) is 22.1. The lowest BCUT2D eigenvalue weighted by Crippen LogP contribution is -2.46. The van der Waals surface area contributed by atoms with Gasteiger partial charge in [0.1, 0.15) is 6.10 Å².